The highest BCUT2D eigenvalue weighted by Gasteiger charge is 2.23. The highest BCUT2D eigenvalue weighted by molar-refractivity contribution is 5.74. The Balaban J connectivity index is 1.48. The van der Waals surface area contributed by atoms with Crippen LogP contribution in [0.2, 0.25) is 0 Å². The zero-order chi connectivity index (χ0) is 18.7. The Kier molecular flexibility index (Phi) is 5.26. The van der Waals surface area contributed by atoms with Gasteiger partial charge in [0.15, 0.2) is 5.82 Å². The Bertz CT molecular complexity index is 761. The molecule has 1 aliphatic rings. The number of oxazole rings is 1. The van der Waals surface area contributed by atoms with Crippen LogP contribution < -0.4 is 10.6 Å². The number of aromatic nitrogens is 4. The Morgan fingerprint density at radius 2 is 2.27 bits per heavy atom. The van der Waals surface area contributed by atoms with Crippen molar-refractivity contribution in [3.05, 3.63) is 29.5 Å². The molecule has 1 unspecified atom stereocenters. The number of aryl methyl sites for hydroxylation is 1. The van der Waals surface area contributed by atoms with Gasteiger partial charge in [-0.2, -0.15) is 5.10 Å². The summed E-state index contributed by atoms with van der Waals surface area (Å²) < 4.78 is 12.6. The molecule has 0 aliphatic carbocycles. The van der Waals surface area contributed by atoms with E-state index in [0.29, 0.717) is 24.9 Å². The number of methoxy groups -OCH3 is 1. The number of carbonyl (C=O) groups excluding carboxylic acids is 1. The van der Waals surface area contributed by atoms with E-state index in [4.69, 9.17) is 9.15 Å². The van der Waals surface area contributed by atoms with E-state index < -0.39 is 0 Å². The maximum Gasteiger partial charge on any atom is 0.315 e. The third-order valence-corrected chi connectivity index (χ3v) is 4.20. The minimum absolute atomic E-state index is 0.00860. The van der Waals surface area contributed by atoms with E-state index in [1.165, 1.54) is 0 Å². The molecule has 0 aromatic carbocycles. The monoisotopic (exact) mass is 362 g/mol. The first-order chi connectivity index (χ1) is 12.3. The zero-order valence-electron chi connectivity index (χ0n) is 15.7. The van der Waals surface area contributed by atoms with Gasteiger partial charge < -0.3 is 19.8 Å². The molecule has 0 radical (unpaired) electrons. The van der Waals surface area contributed by atoms with Gasteiger partial charge in [0.1, 0.15) is 18.2 Å². The van der Waals surface area contributed by atoms with Crippen molar-refractivity contribution in [1.82, 2.24) is 30.4 Å². The first-order valence-corrected chi connectivity index (χ1v) is 8.76. The van der Waals surface area contributed by atoms with Crippen LogP contribution in [0.15, 0.2) is 10.6 Å². The van der Waals surface area contributed by atoms with Crippen molar-refractivity contribution in [2.45, 2.75) is 64.8 Å². The lowest BCUT2D eigenvalue weighted by Gasteiger charge is -2.23. The van der Waals surface area contributed by atoms with E-state index >= 15 is 0 Å². The summed E-state index contributed by atoms with van der Waals surface area (Å²) in [6, 6.07) is -0.236. The summed E-state index contributed by atoms with van der Waals surface area (Å²) in [7, 11) is 1.62. The van der Waals surface area contributed by atoms with Gasteiger partial charge in [-0.25, -0.2) is 19.4 Å². The van der Waals surface area contributed by atoms with Crippen LogP contribution in [0.3, 0.4) is 0 Å². The number of ether oxygens (including phenoxy) is 1. The number of carbonyl (C=O) groups is 1. The van der Waals surface area contributed by atoms with Gasteiger partial charge in [0, 0.05) is 18.9 Å². The van der Waals surface area contributed by atoms with Gasteiger partial charge in [-0.3, -0.25) is 0 Å². The van der Waals surface area contributed by atoms with Gasteiger partial charge in [-0.1, -0.05) is 20.8 Å². The predicted molar refractivity (Wildman–Crippen MR) is 93.4 cm³/mol. The minimum Gasteiger partial charge on any atom is -0.443 e. The maximum absolute atomic E-state index is 12.2. The van der Waals surface area contributed by atoms with Crippen LogP contribution in [0, 0.1) is 0 Å². The van der Waals surface area contributed by atoms with Crippen molar-refractivity contribution in [2.75, 3.05) is 7.11 Å². The molecule has 2 aromatic heterocycles. The first-order valence-electron chi connectivity index (χ1n) is 8.76. The number of urea groups is 1. The molecule has 3 heterocycles. The largest absolute Gasteiger partial charge is 0.443 e. The molecule has 0 fully saturated rings. The van der Waals surface area contributed by atoms with Crippen LogP contribution in [0.4, 0.5) is 4.79 Å². The fraction of sp³-hybridized carbons (Fsp3) is 0.647. The van der Waals surface area contributed by atoms with Crippen LogP contribution in [0.1, 0.15) is 50.5 Å². The molecule has 2 amide bonds. The summed E-state index contributed by atoms with van der Waals surface area (Å²) in [5.74, 6) is 2.90. The van der Waals surface area contributed by atoms with E-state index in [9.17, 15) is 4.79 Å². The average molecular weight is 362 g/mol. The molecule has 2 N–H and O–H groups in total. The fourth-order valence-corrected chi connectivity index (χ4v) is 2.80. The van der Waals surface area contributed by atoms with Crippen molar-refractivity contribution >= 4 is 6.03 Å². The number of rotatable bonds is 5. The number of hydrogen-bond donors (Lipinski definition) is 2. The van der Waals surface area contributed by atoms with E-state index in [0.717, 1.165) is 24.4 Å². The van der Waals surface area contributed by atoms with Gasteiger partial charge in [0.2, 0.25) is 5.89 Å². The van der Waals surface area contributed by atoms with Crippen molar-refractivity contribution in [1.29, 1.82) is 0 Å². The molecule has 9 nitrogen and oxygen atoms in total. The lowest BCUT2D eigenvalue weighted by molar-refractivity contribution is 0.177. The molecule has 1 aliphatic heterocycles. The molecule has 142 valence electrons. The second kappa shape index (κ2) is 7.45. The smallest absolute Gasteiger partial charge is 0.315 e. The molecule has 0 saturated carbocycles. The standard InChI is InChI=1S/C17H26N6O3/c1-17(2,3)12-7-18-15(26-12)8-19-16(24)20-11-5-6-14-21-13(10-25-4)22-23(14)9-11/h7,11H,5-6,8-10H2,1-4H3,(H2,19,20,24). The molecule has 9 heteroatoms. The van der Waals surface area contributed by atoms with E-state index in [1.807, 2.05) is 4.68 Å². The van der Waals surface area contributed by atoms with Gasteiger partial charge in [0.05, 0.1) is 25.3 Å². The molecule has 2 aromatic rings. The lowest BCUT2D eigenvalue weighted by Crippen LogP contribution is -2.45. The van der Waals surface area contributed by atoms with Crippen molar-refractivity contribution in [2.24, 2.45) is 0 Å². The molecule has 3 rings (SSSR count). The Hall–Kier alpha value is -2.42. The highest BCUT2D eigenvalue weighted by Crippen LogP contribution is 2.22. The highest BCUT2D eigenvalue weighted by atomic mass is 16.5. The third kappa shape index (κ3) is 4.40. The average Bonchev–Trinajstić information content (AvgIpc) is 3.19. The Labute approximate surface area is 152 Å². The topological polar surface area (TPSA) is 107 Å². The summed E-state index contributed by atoms with van der Waals surface area (Å²) in [6.07, 6.45) is 3.31. The van der Waals surface area contributed by atoms with E-state index in [-0.39, 0.29) is 24.0 Å². The van der Waals surface area contributed by atoms with Gasteiger partial charge in [-0.05, 0) is 6.42 Å². The summed E-state index contributed by atoms with van der Waals surface area (Å²) in [6.45, 7) is 7.41. The molecule has 0 bridgehead atoms. The van der Waals surface area contributed by atoms with E-state index in [1.54, 1.807) is 13.3 Å². The van der Waals surface area contributed by atoms with Gasteiger partial charge in [-0.15, -0.1) is 0 Å². The number of fused-ring (bicyclic) bond motifs is 1. The molecular formula is C17H26N6O3. The summed E-state index contributed by atoms with van der Waals surface area (Å²) in [5.41, 5.74) is -0.104. The minimum atomic E-state index is -0.244. The molecule has 0 spiro atoms. The van der Waals surface area contributed by atoms with Crippen LogP contribution in [-0.4, -0.2) is 38.9 Å². The van der Waals surface area contributed by atoms with E-state index in [2.05, 4.69) is 46.5 Å². The Morgan fingerprint density at radius 3 is 2.96 bits per heavy atom. The number of nitrogens with one attached hydrogen (secondary N) is 2. The quantitative estimate of drug-likeness (QED) is 0.835. The van der Waals surface area contributed by atoms with Crippen molar-refractivity contribution in [3.8, 4) is 0 Å². The van der Waals surface area contributed by atoms with Crippen LogP contribution in [-0.2, 0) is 36.3 Å². The fourth-order valence-electron chi connectivity index (χ4n) is 2.80. The van der Waals surface area contributed by atoms with Crippen LogP contribution in [0.25, 0.3) is 0 Å². The van der Waals surface area contributed by atoms with Crippen LogP contribution in [0.5, 0.6) is 0 Å². The third-order valence-electron chi connectivity index (χ3n) is 4.20. The second-order valence-electron chi connectivity index (χ2n) is 7.49. The Morgan fingerprint density at radius 1 is 1.46 bits per heavy atom. The van der Waals surface area contributed by atoms with Gasteiger partial charge >= 0.3 is 6.03 Å². The lowest BCUT2D eigenvalue weighted by atomic mass is 9.94. The number of hydrogen-bond acceptors (Lipinski definition) is 6. The molecular weight excluding hydrogens is 336 g/mol. The normalized spacial score (nSPS) is 17.0. The summed E-state index contributed by atoms with van der Waals surface area (Å²) in [5, 5.41) is 10.2. The SMILES string of the molecule is COCc1nc2n(n1)CC(NC(=O)NCc1ncc(C(C)(C)C)o1)CC2. The summed E-state index contributed by atoms with van der Waals surface area (Å²) >= 11 is 0. The van der Waals surface area contributed by atoms with Crippen LogP contribution >= 0.6 is 0 Å². The number of nitrogens with zero attached hydrogens (tertiary/aromatic N) is 4. The zero-order valence-corrected chi connectivity index (χ0v) is 15.7. The summed E-state index contributed by atoms with van der Waals surface area (Å²) in [4.78, 5) is 20.8. The van der Waals surface area contributed by atoms with Gasteiger partial charge in [0.25, 0.3) is 0 Å². The molecule has 1 atom stereocenters. The molecule has 26 heavy (non-hydrogen) atoms. The molecule has 0 saturated heterocycles. The maximum atomic E-state index is 12.2. The van der Waals surface area contributed by atoms with Crippen molar-refractivity contribution < 1.29 is 13.9 Å². The first kappa shape index (κ1) is 18.4. The number of amides is 2. The second-order valence-corrected chi connectivity index (χ2v) is 7.49. The predicted octanol–water partition coefficient (Wildman–Crippen LogP) is 1.52. The van der Waals surface area contributed by atoms with Crippen molar-refractivity contribution in [3.63, 3.8) is 0 Å².